The minimum Gasteiger partial charge on any atom is -0.493 e. The number of aliphatic hydroxyl groups is 1. The number of amides is 2. The Kier molecular flexibility index (Phi) is 6.18. The van der Waals surface area contributed by atoms with Crippen molar-refractivity contribution in [2.45, 2.75) is 26.4 Å². The number of urea groups is 1. The van der Waals surface area contributed by atoms with Crippen molar-refractivity contribution in [2.75, 3.05) is 18.5 Å². The summed E-state index contributed by atoms with van der Waals surface area (Å²) in [7, 11) is 0. The summed E-state index contributed by atoms with van der Waals surface area (Å²) in [4.78, 5) is 22.4. The molecule has 0 spiro atoms. The number of carboxylic acid groups (broad SMARTS) is 1. The second kappa shape index (κ2) is 7.65. The molecule has 0 aliphatic carbocycles. The molecule has 0 radical (unpaired) electrons. The molecular formula is C15H22N2O5. The van der Waals surface area contributed by atoms with Crippen molar-refractivity contribution in [1.29, 1.82) is 0 Å². The van der Waals surface area contributed by atoms with Crippen LogP contribution in [0.3, 0.4) is 0 Å². The second-order valence-electron chi connectivity index (χ2n) is 5.62. The zero-order valence-corrected chi connectivity index (χ0v) is 12.9. The molecule has 0 heterocycles. The summed E-state index contributed by atoms with van der Waals surface area (Å²) in [6.07, 6.45) is 0. The number of rotatable bonds is 7. The van der Waals surface area contributed by atoms with Gasteiger partial charge in [-0.05, 0) is 25.0 Å². The van der Waals surface area contributed by atoms with E-state index in [1.54, 1.807) is 24.3 Å². The summed E-state index contributed by atoms with van der Waals surface area (Å²) in [5, 5.41) is 23.1. The summed E-state index contributed by atoms with van der Waals surface area (Å²) < 4.78 is 5.55. The molecule has 0 saturated carbocycles. The average molecular weight is 310 g/mol. The van der Waals surface area contributed by atoms with E-state index in [1.165, 1.54) is 0 Å². The van der Waals surface area contributed by atoms with Crippen LogP contribution < -0.4 is 15.4 Å². The monoisotopic (exact) mass is 310 g/mol. The lowest BCUT2D eigenvalue weighted by molar-refractivity contribution is -0.155. The molecule has 0 aromatic heterocycles. The molecule has 4 N–H and O–H groups in total. The Morgan fingerprint density at radius 1 is 1.36 bits per heavy atom. The Balaban J connectivity index is 2.54. The number of anilines is 1. The van der Waals surface area contributed by atoms with Gasteiger partial charge in [-0.3, -0.25) is 0 Å². The zero-order valence-electron chi connectivity index (χ0n) is 12.9. The number of hydrogen-bond acceptors (Lipinski definition) is 4. The van der Waals surface area contributed by atoms with Gasteiger partial charge in [0.2, 0.25) is 0 Å². The number of ether oxygens (including phenoxy) is 1. The normalized spacial score (nSPS) is 13.3. The molecule has 0 saturated heterocycles. The third kappa shape index (κ3) is 6.01. The van der Waals surface area contributed by atoms with Gasteiger partial charge in [-0.15, -0.1) is 0 Å². The van der Waals surface area contributed by atoms with Gasteiger partial charge in [0.25, 0.3) is 0 Å². The van der Waals surface area contributed by atoms with Crippen molar-refractivity contribution in [3.63, 3.8) is 0 Å². The SMILES string of the molecule is CC(C)COc1cccc(NC(=O)NCC(C)(O)C(=O)O)c1. The molecule has 1 atom stereocenters. The molecule has 1 unspecified atom stereocenters. The molecule has 22 heavy (non-hydrogen) atoms. The van der Waals surface area contributed by atoms with Crippen LogP contribution in [0.4, 0.5) is 10.5 Å². The Labute approximate surface area is 129 Å². The van der Waals surface area contributed by atoms with E-state index in [0.717, 1.165) is 6.92 Å². The van der Waals surface area contributed by atoms with E-state index < -0.39 is 24.1 Å². The number of carboxylic acids is 1. The maximum absolute atomic E-state index is 11.7. The van der Waals surface area contributed by atoms with E-state index in [0.29, 0.717) is 24.0 Å². The lowest BCUT2D eigenvalue weighted by Crippen LogP contribution is -2.47. The lowest BCUT2D eigenvalue weighted by Gasteiger charge is -2.18. The fourth-order valence-electron chi connectivity index (χ4n) is 1.43. The van der Waals surface area contributed by atoms with E-state index in [9.17, 15) is 14.7 Å². The molecule has 7 heteroatoms. The van der Waals surface area contributed by atoms with Gasteiger partial charge in [-0.25, -0.2) is 9.59 Å². The summed E-state index contributed by atoms with van der Waals surface area (Å²) >= 11 is 0. The molecular weight excluding hydrogens is 288 g/mol. The molecule has 1 rings (SSSR count). The predicted octanol–water partition coefficient (Wildman–Crippen LogP) is 1.68. The highest BCUT2D eigenvalue weighted by atomic mass is 16.5. The van der Waals surface area contributed by atoms with Crippen molar-refractivity contribution in [3.8, 4) is 5.75 Å². The molecule has 122 valence electrons. The van der Waals surface area contributed by atoms with Crippen LogP contribution in [-0.2, 0) is 4.79 Å². The van der Waals surface area contributed by atoms with Crippen molar-refractivity contribution in [2.24, 2.45) is 5.92 Å². The predicted molar refractivity (Wildman–Crippen MR) is 82.1 cm³/mol. The van der Waals surface area contributed by atoms with Gasteiger partial charge in [0.15, 0.2) is 5.60 Å². The first kappa shape index (κ1) is 17.8. The average Bonchev–Trinajstić information content (AvgIpc) is 2.43. The second-order valence-corrected chi connectivity index (χ2v) is 5.62. The Hall–Kier alpha value is -2.28. The molecule has 0 aliphatic rings. The minimum absolute atomic E-state index is 0.387. The number of hydrogen-bond donors (Lipinski definition) is 4. The highest BCUT2D eigenvalue weighted by Crippen LogP contribution is 2.18. The topological polar surface area (TPSA) is 108 Å². The quantitative estimate of drug-likeness (QED) is 0.613. The highest BCUT2D eigenvalue weighted by molar-refractivity contribution is 5.90. The van der Waals surface area contributed by atoms with Gasteiger partial charge < -0.3 is 25.6 Å². The molecule has 1 aromatic carbocycles. The molecule has 7 nitrogen and oxygen atoms in total. The van der Waals surface area contributed by atoms with E-state index in [2.05, 4.69) is 10.6 Å². The Morgan fingerprint density at radius 2 is 2.05 bits per heavy atom. The van der Waals surface area contributed by atoms with Gasteiger partial charge in [0.05, 0.1) is 13.2 Å². The minimum atomic E-state index is -2.01. The number of carbonyl (C=O) groups is 2. The van der Waals surface area contributed by atoms with Crippen LogP contribution >= 0.6 is 0 Å². The maximum atomic E-state index is 11.7. The van der Waals surface area contributed by atoms with Crippen molar-refractivity contribution in [1.82, 2.24) is 5.32 Å². The van der Waals surface area contributed by atoms with Crippen molar-refractivity contribution >= 4 is 17.7 Å². The van der Waals surface area contributed by atoms with Crippen LogP contribution in [0.2, 0.25) is 0 Å². The van der Waals surface area contributed by atoms with Gasteiger partial charge >= 0.3 is 12.0 Å². The maximum Gasteiger partial charge on any atom is 0.337 e. The number of nitrogens with one attached hydrogen (secondary N) is 2. The number of aliphatic carboxylic acids is 1. The zero-order chi connectivity index (χ0) is 16.8. The van der Waals surface area contributed by atoms with Crippen LogP contribution in [0.25, 0.3) is 0 Å². The molecule has 0 aliphatic heterocycles. The fraction of sp³-hybridized carbons (Fsp3) is 0.467. The molecule has 0 bridgehead atoms. The summed E-state index contributed by atoms with van der Waals surface area (Å²) in [6.45, 7) is 5.33. The van der Waals surface area contributed by atoms with Crippen molar-refractivity contribution < 1.29 is 24.5 Å². The van der Waals surface area contributed by atoms with Crippen LogP contribution in [-0.4, -0.2) is 41.0 Å². The third-order valence-corrected chi connectivity index (χ3v) is 2.73. The molecule has 1 aromatic rings. The third-order valence-electron chi connectivity index (χ3n) is 2.73. The smallest absolute Gasteiger partial charge is 0.337 e. The van der Waals surface area contributed by atoms with E-state index in [-0.39, 0.29) is 0 Å². The highest BCUT2D eigenvalue weighted by Gasteiger charge is 2.30. The standard InChI is InChI=1S/C15H22N2O5/c1-10(2)8-22-12-6-4-5-11(7-12)17-14(20)16-9-15(3,21)13(18)19/h4-7,10,21H,8-9H2,1-3H3,(H,18,19)(H2,16,17,20). The summed E-state index contributed by atoms with van der Waals surface area (Å²) in [6, 6.07) is 6.25. The first-order valence-electron chi connectivity index (χ1n) is 6.94. The first-order valence-corrected chi connectivity index (χ1v) is 6.94. The van der Waals surface area contributed by atoms with Gasteiger partial charge in [0.1, 0.15) is 5.75 Å². The van der Waals surface area contributed by atoms with Gasteiger partial charge in [-0.2, -0.15) is 0 Å². The van der Waals surface area contributed by atoms with E-state index in [4.69, 9.17) is 9.84 Å². The van der Waals surface area contributed by atoms with Gasteiger partial charge in [0, 0.05) is 11.8 Å². The molecule has 2 amide bonds. The van der Waals surface area contributed by atoms with Crippen LogP contribution in [0.1, 0.15) is 20.8 Å². The number of benzene rings is 1. The Morgan fingerprint density at radius 3 is 2.64 bits per heavy atom. The molecule has 0 fully saturated rings. The van der Waals surface area contributed by atoms with Gasteiger partial charge in [-0.1, -0.05) is 19.9 Å². The number of carbonyl (C=O) groups excluding carboxylic acids is 1. The lowest BCUT2D eigenvalue weighted by atomic mass is 10.1. The van der Waals surface area contributed by atoms with E-state index in [1.807, 2.05) is 13.8 Å². The Bertz CT molecular complexity index is 528. The van der Waals surface area contributed by atoms with Crippen LogP contribution in [0.5, 0.6) is 5.75 Å². The van der Waals surface area contributed by atoms with Crippen LogP contribution in [0, 0.1) is 5.92 Å². The van der Waals surface area contributed by atoms with Crippen molar-refractivity contribution in [3.05, 3.63) is 24.3 Å². The fourth-order valence-corrected chi connectivity index (χ4v) is 1.43. The van der Waals surface area contributed by atoms with E-state index >= 15 is 0 Å². The summed E-state index contributed by atoms with van der Waals surface area (Å²) in [5.41, 5.74) is -1.51. The summed E-state index contributed by atoms with van der Waals surface area (Å²) in [5.74, 6) is -0.390. The largest absolute Gasteiger partial charge is 0.493 e. The first-order chi connectivity index (χ1) is 10.2. The van der Waals surface area contributed by atoms with Crippen LogP contribution in [0.15, 0.2) is 24.3 Å².